The molecule has 0 saturated heterocycles. The zero-order chi connectivity index (χ0) is 20.1. The molecule has 8 heteroatoms. The third kappa shape index (κ3) is 5.00. The van der Waals surface area contributed by atoms with Gasteiger partial charge in [0.2, 0.25) is 0 Å². The normalized spacial score (nSPS) is 12.5. The number of amides is 2. The molecule has 0 unspecified atom stereocenters. The van der Waals surface area contributed by atoms with Gasteiger partial charge in [-0.25, -0.2) is 4.79 Å². The second-order valence-electron chi connectivity index (χ2n) is 6.36. The van der Waals surface area contributed by atoms with Crippen molar-refractivity contribution in [3.8, 4) is 11.5 Å². The summed E-state index contributed by atoms with van der Waals surface area (Å²) in [6.07, 6.45) is -0.201. The Labute approximate surface area is 161 Å². The molecular weight excluding hydrogens is 364 g/mol. The van der Waals surface area contributed by atoms with E-state index < -0.39 is 5.97 Å². The number of esters is 1. The van der Waals surface area contributed by atoms with Crippen LogP contribution in [0.4, 0.5) is 11.4 Å². The number of benzene rings is 2. The Kier molecular flexibility index (Phi) is 5.78. The summed E-state index contributed by atoms with van der Waals surface area (Å²) in [4.78, 5) is 35.2. The van der Waals surface area contributed by atoms with Crippen molar-refractivity contribution in [2.45, 2.75) is 20.0 Å². The number of rotatable bonds is 6. The van der Waals surface area contributed by atoms with E-state index in [4.69, 9.17) is 14.2 Å². The Morgan fingerprint density at radius 3 is 2.64 bits per heavy atom. The van der Waals surface area contributed by atoms with Gasteiger partial charge < -0.3 is 24.8 Å². The predicted molar refractivity (Wildman–Crippen MR) is 102 cm³/mol. The zero-order valence-electron chi connectivity index (χ0n) is 15.5. The molecule has 2 aromatic carbocycles. The van der Waals surface area contributed by atoms with Gasteiger partial charge in [-0.3, -0.25) is 9.59 Å². The van der Waals surface area contributed by atoms with E-state index in [0.717, 1.165) is 0 Å². The number of anilines is 2. The molecule has 2 aromatic rings. The summed E-state index contributed by atoms with van der Waals surface area (Å²) in [6.45, 7) is 3.31. The molecule has 0 spiro atoms. The van der Waals surface area contributed by atoms with Gasteiger partial charge in [0.25, 0.3) is 11.8 Å². The fraction of sp³-hybridized carbons (Fsp3) is 0.250. The maximum atomic E-state index is 12.1. The van der Waals surface area contributed by atoms with Gasteiger partial charge in [0.05, 0.1) is 17.4 Å². The van der Waals surface area contributed by atoms with Crippen LogP contribution < -0.4 is 20.1 Å². The minimum atomic E-state index is -0.417. The van der Waals surface area contributed by atoms with Crippen LogP contribution in [0.3, 0.4) is 0 Å². The van der Waals surface area contributed by atoms with Gasteiger partial charge in [-0.05, 0) is 50.2 Å². The van der Waals surface area contributed by atoms with Gasteiger partial charge >= 0.3 is 5.97 Å². The third-order valence-electron chi connectivity index (χ3n) is 3.70. The van der Waals surface area contributed by atoms with E-state index in [1.54, 1.807) is 56.3 Å². The Morgan fingerprint density at radius 2 is 1.93 bits per heavy atom. The first-order valence-electron chi connectivity index (χ1n) is 8.71. The maximum absolute atomic E-state index is 12.1. The van der Waals surface area contributed by atoms with E-state index in [9.17, 15) is 14.4 Å². The number of fused-ring (bicyclic) bond motifs is 1. The topological polar surface area (TPSA) is 103 Å². The van der Waals surface area contributed by atoms with Crippen LogP contribution in [0.15, 0.2) is 42.5 Å². The highest BCUT2D eigenvalue weighted by Gasteiger charge is 2.16. The standard InChI is InChI=1S/C20H20N2O6/c1-12(2)28-20(25)13-3-5-14(6-4-13)21-18(23)10-26-15-7-8-17-16(9-15)22-19(24)11-27-17/h3-9,12H,10-11H2,1-2H3,(H,21,23)(H,22,24). The average Bonchev–Trinajstić information content (AvgIpc) is 2.66. The van der Waals surface area contributed by atoms with Gasteiger partial charge in [-0.1, -0.05) is 0 Å². The number of carbonyl (C=O) groups excluding carboxylic acids is 3. The molecule has 0 bridgehead atoms. The van der Waals surface area contributed by atoms with E-state index in [1.807, 2.05) is 0 Å². The summed E-state index contributed by atoms with van der Waals surface area (Å²) in [5.41, 5.74) is 1.43. The SMILES string of the molecule is CC(C)OC(=O)c1ccc(NC(=O)COc2ccc3c(c2)NC(=O)CO3)cc1. The van der Waals surface area contributed by atoms with E-state index in [0.29, 0.717) is 28.4 Å². The molecule has 0 radical (unpaired) electrons. The number of nitrogens with one attached hydrogen (secondary N) is 2. The quantitative estimate of drug-likeness (QED) is 0.742. The summed E-state index contributed by atoms with van der Waals surface area (Å²) in [5, 5.41) is 5.35. The molecule has 0 saturated carbocycles. The molecule has 3 rings (SSSR count). The Bertz CT molecular complexity index is 892. The average molecular weight is 384 g/mol. The smallest absolute Gasteiger partial charge is 0.338 e. The lowest BCUT2D eigenvalue weighted by Crippen LogP contribution is -2.25. The van der Waals surface area contributed by atoms with Crippen LogP contribution in [0.5, 0.6) is 11.5 Å². The highest BCUT2D eigenvalue weighted by molar-refractivity contribution is 5.96. The second kappa shape index (κ2) is 8.43. The molecule has 1 aliphatic rings. The molecule has 0 aromatic heterocycles. The Hall–Kier alpha value is -3.55. The molecule has 1 aliphatic heterocycles. The summed E-state index contributed by atoms with van der Waals surface area (Å²) < 4.78 is 15.8. The lowest BCUT2D eigenvalue weighted by molar-refractivity contribution is -0.119. The third-order valence-corrected chi connectivity index (χ3v) is 3.70. The monoisotopic (exact) mass is 384 g/mol. The maximum Gasteiger partial charge on any atom is 0.338 e. The van der Waals surface area contributed by atoms with Crippen LogP contribution in [0, 0.1) is 0 Å². The van der Waals surface area contributed by atoms with Crippen LogP contribution in [-0.2, 0) is 14.3 Å². The van der Waals surface area contributed by atoms with Crippen molar-refractivity contribution in [2.24, 2.45) is 0 Å². The highest BCUT2D eigenvalue weighted by atomic mass is 16.5. The van der Waals surface area contributed by atoms with E-state index in [-0.39, 0.29) is 31.1 Å². The molecule has 2 N–H and O–H groups in total. The molecule has 0 aliphatic carbocycles. The molecule has 1 heterocycles. The lowest BCUT2D eigenvalue weighted by Gasteiger charge is -2.18. The number of hydrogen-bond acceptors (Lipinski definition) is 6. The van der Waals surface area contributed by atoms with E-state index in [1.165, 1.54) is 0 Å². The largest absolute Gasteiger partial charge is 0.484 e. The van der Waals surface area contributed by atoms with E-state index >= 15 is 0 Å². The zero-order valence-corrected chi connectivity index (χ0v) is 15.5. The fourth-order valence-electron chi connectivity index (χ4n) is 2.47. The van der Waals surface area contributed by atoms with Gasteiger partial charge in [0, 0.05) is 11.8 Å². The van der Waals surface area contributed by atoms with Crippen molar-refractivity contribution in [3.63, 3.8) is 0 Å². The first-order chi connectivity index (χ1) is 13.4. The minimum absolute atomic E-state index is 0.0242. The van der Waals surface area contributed by atoms with Gasteiger partial charge in [0.1, 0.15) is 11.5 Å². The van der Waals surface area contributed by atoms with Crippen LogP contribution in [0.1, 0.15) is 24.2 Å². The van der Waals surface area contributed by atoms with Crippen molar-refractivity contribution in [2.75, 3.05) is 23.8 Å². The molecule has 2 amide bonds. The number of hydrogen-bond donors (Lipinski definition) is 2. The van der Waals surface area contributed by atoms with Crippen molar-refractivity contribution in [3.05, 3.63) is 48.0 Å². The second-order valence-corrected chi connectivity index (χ2v) is 6.36. The summed E-state index contributed by atoms with van der Waals surface area (Å²) >= 11 is 0. The molecule has 146 valence electrons. The summed E-state index contributed by atoms with van der Waals surface area (Å²) in [6, 6.07) is 11.3. The molecule has 28 heavy (non-hydrogen) atoms. The van der Waals surface area contributed by atoms with Crippen molar-refractivity contribution < 1.29 is 28.6 Å². The molecule has 8 nitrogen and oxygen atoms in total. The molecule has 0 atom stereocenters. The Balaban J connectivity index is 1.52. The van der Waals surface area contributed by atoms with Crippen LogP contribution in [0.2, 0.25) is 0 Å². The summed E-state index contributed by atoms with van der Waals surface area (Å²) in [5.74, 6) is -0.0581. The molecular formula is C20H20N2O6. The van der Waals surface area contributed by atoms with Gasteiger partial charge in [-0.2, -0.15) is 0 Å². The first-order valence-corrected chi connectivity index (χ1v) is 8.71. The number of ether oxygens (including phenoxy) is 3. The van der Waals surface area contributed by atoms with E-state index in [2.05, 4.69) is 10.6 Å². The van der Waals surface area contributed by atoms with Crippen LogP contribution in [-0.4, -0.2) is 37.1 Å². The fourth-order valence-corrected chi connectivity index (χ4v) is 2.47. The van der Waals surface area contributed by atoms with Crippen molar-refractivity contribution in [1.29, 1.82) is 0 Å². The minimum Gasteiger partial charge on any atom is -0.484 e. The van der Waals surface area contributed by atoms with Gasteiger partial charge in [0.15, 0.2) is 13.2 Å². The lowest BCUT2D eigenvalue weighted by atomic mass is 10.2. The van der Waals surface area contributed by atoms with Gasteiger partial charge in [-0.15, -0.1) is 0 Å². The Morgan fingerprint density at radius 1 is 1.18 bits per heavy atom. The van der Waals surface area contributed by atoms with Crippen LogP contribution >= 0.6 is 0 Å². The van der Waals surface area contributed by atoms with Crippen molar-refractivity contribution in [1.82, 2.24) is 0 Å². The first kappa shape index (κ1) is 19.2. The number of carbonyl (C=O) groups is 3. The van der Waals surface area contributed by atoms with Crippen molar-refractivity contribution >= 4 is 29.2 Å². The molecule has 0 fully saturated rings. The van der Waals surface area contributed by atoms with Crippen LogP contribution in [0.25, 0.3) is 0 Å². The highest BCUT2D eigenvalue weighted by Crippen LogP contribution is 2.31. The predicted octanol–water partition coefficient (Wildman–Crippen LogP) is 2.60. The summed E-state index contributed by atoms with van der Waals surface area (Å²) in [7, 11) is 0.